The summed E-state index contributed by atoms with van der Waals surface area (Å²) in [4.78, 5) is 4.46. The van der Waals surface area contributed by atoms with E-state index >= 15 is 0 Å². The molecular weight excluding hydrogens is 220 g/mol. The van der Waals surface area contributed by atoms with Gasteiger partial charge >= 0.3 is 0 Å². The van der Waals surface area contributed by atoms with Crippen molar-refractivity contribution in [2.24, 2.45) is 17.8 Å². The molecule has 4 atom stereocenters. The van der Waals surface area contributed by atoms with Crippen LogP contribution in [0, 0.1) is 17.8 Å². The molecule has 100 valence electrons. The molecule has 2 nitrogen and oxygen atoms in total. The van der Waals surface area contributed by atoms with Crippen LogP contribution >= 0.6 is 0 Å². The Morgan fingerprint density at radius 3 is 2.72 bits per heavy atom. The van der Waals surface area contributed by atoms with Gasteiger partial charge in [-0.2, -0.15) is 0 Å². The van der Waals surface area contributed by atoms with Crippen LogP contribution in [0.3, 0.4) is 0 Å². The van der Waals surface area contributed by atoms with Crippen LogP contribution in [0.25, 0.3) is 0 Å². The minimum atomic E-state index is 0.579. The Kier molecular flexibility index (Phi) is 4.76. The highest BCUT2D eigenvalue weighted by Gasteiger charge is 2.29. The Morgan fingerprint density at radius 1 is 1.28 bits per heavy atom. The number of hydrogen-bond acceptors (Lipinski definition) is 2. The monoisotopic (exact) mass is 246 g/mol. The lowest BCUT2D eigenvalue weighted by molar-refractivity contribution is 0.173. The van der Waals surface area contributed by atoms with Crippen LogP contribution in [0.5, 0.6) is 0 Å². The summed E-state index contributed by atoms with van der Waals surface area (Å²) in [6, 6.07) is 6.79. The molecule has 1 aromatic rings. The van der Waals surface area contributed by atoms with Gasteiger partial charge in [0.05, 0.1) is 0 Å². The quantitative estimate of drug-likeness (QED) is 0.882. The van der Waals surface area contributed by atoms with E-state index in [4.69, 9.17) is 0 Å². The van der Waals surface area contributed by atoms with E-state index in [1.165, 1.54) is 25.0 Å². The largest absolute Gasteiger partial charge is 0.316 e. The highest BCUT2D eigenvalue weighted by atomic mass is 14.9. The zero-order valence-corrected chi connectivity index (χ0v) is 11.9. The number of nitrogens with one attached hydrogen (secondary N) is 1. The molecule has 0 saturated heterocycles. The molecule has 1 N–H and O–H groups in total. The summed E-state index contributed by atoms with van der Waals surface area (Å²) in [5, 5.41) is 3.52. The second kappa shape index (κ2) is 6.33. The van der Waals surface area contributed by atoms with Gasteiger partial charge in [0.1, 0.15) is 0 Å². The number of hydrogen-bond donors (Lipinski definition) is 1. The fourth-order valence-electron chi connectivity index (χ4n) is 3.20. The number of likely N-dealkylation sites (N-methyl/N-ethyl adjacent to an activating group) is 1. The van der Waals surface area contributed by atoms with Crippen LogP contribution in [0.15, 0.2) is 24.4 Å². The van der Waals surface area contributed by atoms with Gasteiger partial charge in [-0.15, -0.1) is 0 Å². The van der Waals surface area contributed by atoms with E-state index in [2.05, 4.69) is 43.3 Å². The average Bonchev–Trinajstić information content (AvgIpc) is 2.40. The standard InChI is InChI=1S/C16H26N2/c1-12-7-8-14(10-13(12)2)16(17-3)11-15-6-4-5-9-18-15/h4-6,9,12-14,16-17H,7-8,10-11H2,1-3H3. The van der Waals surface area contributed by atoms with Gasteiger partial charge in [0.2, 0.25) is 0 Å². The molecule has 2 rings (SSSR count). The third-order valence-electron chi connectivity index (χ3n) is 4.73. The average molecular weight is 246 g/mol. The lowest BCUT2D eigenvalue weighted by atomic mass is 9.72. The zero-order chi connectivity index (χ0) is 13.0. The Morgan fingerprint density at radius 2 is 2.11 bits per heavy atom. The first-order valence-electron chi connectivity index (χ1n) is 7.28. The van der Waals surface area contributed by atoms with Gasteiger partial charge in [0.25, 0.3) is 0 Å². The Balaban J connectivity index is 1.97. The highest BCUT2D eigenvalue weighted by Crippen LogP contribution is 2.35. The predicted molar refractivity (Wildman–Crippen MR) is 76.5 cm³/mol. The van der Waals surface area contributed by atoms with Gasteiger partial charge in [0, 0.05) is 24.4 Å². The topological polar surface area (TPSA) is 24.9 Å². The highest BCUT2D eigenvalue weighted by molar-refractivity contribution is 5.06. The third kappa shape index (κ3) is 3.32. The van der Waals surface area contributed by atoms with Gasteiger partial charge in [-0.1, -0.05) is 26.3 Å². The fourth-order valence-corrected chi connectivity index (χ4v) is 3.20. The lowest BCUT2D eigenvalue weighted by Crippen LogP contribution is -2.39. The minimum absolute atomic E-state index is 0.579. The zero-order valence-electron chi connectivity index (χ0n) is 11.9. The van der Waals surface area contributed by atoms with Crippen molar-refractivity contribution in [2.75, 3.05) is 7.05 Å². The van der Waals surface area contributed by atoms with E-state index in [0.29, 0.717) is 6.04 Å². The molecular formula is C16H26N2. The molecule has 18 heavy (non-hydrogen) atoms. The van der Waals surface area contributed by atoms with Crippen LogP contribution in [0.1, 0.15) is 38.8 Å². The third-order valence-corrected chi connectivity index (χ3v) is 4.73. The van der Waals surface area contributed by atoms with Gasteiger partial charge in [-0.05, 0) is 49.8 Å². The molecule has 0 radical (unpaired) electrons. The molecule has 0 amide bonds. The maximum atomic E-state index is 4.46. The summed E-state index contributed by atoms with van der Waals surface area (Å²) in [5.74, 6) is 2.57. The molecule has 1 fully saturated rings. The van der Waals surface area contributed by atoms with Gasteiger partial charge in [-0.3, -0.25) is 4.98 Å². The van der Waals surface area contributed by atoms with Crippen LogP contribution in [0.4, 0.5) is 0 Å². The molecule has 1 saturated carbocycles. The van der Waals surface area contributed by atoms with Crippen LogP contribution in [0.2, 0.25) is 0 Å². The second-order valence-corrected chi connectivity index (χ2v) is 5.95. The summed E-state index contributed by atoms with van der Waals surface area (Å²) in [5.41, 5.74) is 1.21. The van der Waals surface area contributed by atoms with Crippen molar-refractivity contribution in [3.8, 4) is 0 Å². The molecule has 0 aliphatic heterocycles. The van der Waals surface area contributed by atoms with Crippen molar-refractivity contribution in [3.63, 3.8) is 0 Å². The molecule has 1 aliphatic rings. The minimum Gasteiger partial charge on any atom is -0.316 e. The van der Waals surface area contributed by atoms with Gasteiger partial charge < -0.3 is 5.32 Å². The van der Waals surface area contributed by atoms with E-state index in [1.807, 2.05) is 12.3 Å². The molecule has 0 bridgehead atoms. The number of aromatic nitrogens is 1. The van der Waals surface area contributed by atoms with Crippen LogP contribution in [-0.2, 0) is 6.42 Å². The summed E-state index contributed by atoms with van der Waals surface area (Å²) in [7, 11) is 2.09. The summed E-state index contributed by atoms with van der Waals surface area (Å²) < 4.78 is 0. The van der Waals surface area contributed by atoms with Gasteiger partial charge in [0.15, 0.2) is 0 Å². The van der Waals surface area contributed by atoms with Crippen LogP contribution < -0.4 is 5.32 Å². The Hall–Kier alpha value is -0.890. The molecule has 2 heteroatoms. The summed E-state index contributed by atoms with van der Waals surface area (Å²) in [6.07, 6.45) is 7.06. The van der Waals surface area contributed by atoms with E-state index in [9.17, 15) is 0 Å². The molecule has 1 heterocycles. The van der Waals surface area contributed by atoms with Crippen molar-refractivity contribution in [2.45, 2.75) is 45.6 Å². The number of rotatable bonds is 4. The van der Waals surface area contributed by atoms with Crippen molar-refractivity contribution < 1.29 is 0 Å². The van der Waals surface area contributed by atoms with Crippen molar-refractivity contribution in [1.82, 2.24) is 10.3 Å². The molecule has 4 unspecified atom stereocenters. The SMILES string of the molecule is CNC(Cc1ccccn1)C1CCC(C)C(C)C1. The first kappa shape index (κ1) is 13.5. The van der Waals surface area contributed by atoms with Crippen molar-refractivity contribution in [1.29, 1.82) is 0 Å². The fraction of sp³-hybridized carbons (Fsp3) is 0.688. The van der Waals surface area contributed by atoms with E-state index in [1.54, 1.807) is 0 Å². The normalized spacial score (nSPS) is 30.1. The van der Waals surface area contributed by atoms with Crippen LogP contribution in [-0.4, -0.2) is 18.1 Å². The smallest absolute Gasteiger partial charge is 0.0419 e. The molecule has 0 spiro atoms. The van der Waals surface area contributed by atoms with E-state index < -0.39 is 0 Å². The summed E-state index contributed by atoms with van der Waals surface area (Å²) >= 11 is 0. The Bertz CT molecular complexity index is 349. The Labute approximate surface area is 111 Å². The number of pyridine rings is 1. The first-order chi connectivity index (χ1) is 8.70. The van der Waals surface area contributed by atoms with Crippen molar-refractivity contribution in [3.05, 3.63) is 30.1 Å². The van der Waals surface area contributed by atoms with E-state index in [-0.39, 0.29) is 0 Å². The second-order valence-electron chi connectivity index (χ2n) is 5.95. The van der Waals surface area contributed by atoms with Crippen molar-refractivity contribution >= 4 is 0 Å². The van der Waals surface area contributed by atoms with E-state index in [0.717, 1.165) is 24.2 Å². The molecule has 1 aliphatic carbocycles. The maximum absolute atomic E-state index is 4.46. The maximum Gasteiger partial charge on any atom is 0.0419 e. The molecule has 0 aromatic carbocycles. The lowest BCUT2D eigenvalue weighted by Gasteiger charge is -2.36. The van der Waals surface area contributed by atoms with Gasteiger partial charge in [-0.25, -0.2) is 0 Å². The molecule has 1 aromatic heterocycles. The number of nitrogens with zero attached hydrogens (tertiary/aromatic N) is 1. The first-order valence-corrected chi connectivity index (χ1v) is 7.28. The predicted octanol–water partition coefficient (Wildman–Crippen LogP) is 3.28. The summed E-state index contributed by atoms with van der Waals surface area (Å²) in [6.45, 7) is 4.80.